The number of anilines is 2. The average molecular weight is 381 g/mol. The van der Waals surface area contributed by atoms with Crippen molar-refractivity contribution in [3.63, 3.8) is 0 Å². The third kappa shape index (κ3) is 5.44. The van der Waals surface area contributed by atoms with Gasteiger partial charge >= 0.3 is 0 Å². The first-order valence-electron chi connectivity index (χ1n) is 9.87. The highest BCUT2D eigenvalue weighted by Crippen LogP contribution is 2.30. The number of nitrogens with zero attached hydrogens (tertiary/aromatic N) is 1. The monoisotopic (exact) mass is 380 g/mol. The topological polar surface area (TPSA) is 49.4 Å². The van der Waals surface area contributed by atoms with E-state index < -0.39 is 0 Å². The molecule has 0 aromatic heterocycles. The third-order valence-corrected chi connectivity index (χ3v) is 4.80. The molecule has 1 N–H and O–H groups in total. The summed E-state index contributed by atoms with van der Waals surface area (Å²) in [6.45, 7) is 12.5. The Balaban J connectivity index is 2.14. The Hall–Kier alpha value is -2.62. The van der Waals surface area contributed by atoms with Crippen molar-refractivity contribution in [2.75, 3.05) is 16.8 Å². The van der Waals surface area contributed by atoms with Crippen LogP contribution in [0.2, 0.25) is 0 Å². The molecule has 2 rings (SSSR count). The summed E-state index contributed by atoms with van der Waals surface area (Å²) >= 11 is 0. The maximum Gasteiger partial charge on any atom is 0.226 e. The number of carbonyl (C=O) groups excluding carboxylic acids is 2. The molecule has 0 aliphatic heterocycles. The van der Waals surface area contributed by atoms with Gasteiger partial charge in [0.2, 0.25) is 11.8 Å². The van der Waals surface area contributed by atoms with Crippen molar-refractivity contribution in [2.45, 2.75) is 59.3 Å². The molecule has 0 aliphatic rings. The minimum Gasteiger partial charge on any atom is -0.326 e. The van der Waals surface area contributed by atoms with Gasteiger partial charge in [0.25, 0.3) is 0 Å². The summed E-state index contributed by atoms with van der Waals surface area (Å²) in [6.07, 6.45) is 0.241. The number of hydrogen-bond donors (Lipinski definition) is 1. The van der Waals surface area contributed by atoms with Gasteiger partial charge in [0.15, 0.2) is 0 Å². The molecule has 0 saturated heterocycles. The van der Waals surface area contributed by atoms with Crippen LogP contribution < -0.4 is 10.2 Å². The van der Waals surface area contributed by atoms with Crippen molar-refractivity contribution < 1.29 is 9.59 Å². The van der Waals surface area contributed by atoms with Gasteiger partial charge in [-0.1, -0.05) is 71.0 Å². The van der Waals surface area contributed by atoms with Crippen molar-refractivity contribution in [1.29, 1.82) is 0 Å². The molecule has 0 bridgehead atoms. The van der Waals surface area contributed by atoms with Crippen molar-refractivity contribution >= 4 is 23.2 Å². The van der Waals surface area contributed by atoms with Crippen molar-refractivity contribution in [3.05, 3.63) is 59.7 Å². The molecule has 0 aliphatic carbocycles. The Labute approximate surface area is 169 Å². The van der Waals surface area contributed by atoms with Crippen LogP contribution in [0.5, 0.6) is 0 Å². The maximum absolute atomic E-state index is 12.6. The lowest BCUT2D eigenvalue weighted by atomic mass is 9.86. The van der Waals surface area contributed by atoms with Crippen LogP contribution in [0.3, 0.4) is 0 Å². The predicted molar refractivity (Wildman–Crippen MR) is 117 cm³/mol. The molecule has 0 atom stereocenters. The highest BCUT2D eigenvalue weighted by atomic mass is 16.2. The Morgan fingerprint density at radius 1 is 1.00 bits per heavy atom. The van der Waals surface area contributed by atoms with Crippen LogP contribution in [-0.4, -0.2) is 18.4 Å². The minimum absolute atomic E-state index is 0.0593. The highest BCUT2D eigenvalue weighted by Gasteiger charge is 2.20. The molecule has 150 valence electrons. The number of carbonyl (C=O) groups is 2. The number of benzene rings is 2. The van der Waals surface area contributed by atoms with Gasteiger partial charge in [-0.15, -0.1) is 0 Å². The number of para-hydroxylation sites is 2. The summed E-state index contributed by atoms with van der Waals surface area (Å²) in [4.78, 5) is 26.6. The summed E-state index contributed by atoms with van der Waals surface area (Å²) in [6, 6.07) is 15.8. The fourth-order valence-electron chi connectivity index (χ4n) is 3.34. The first kappa shape index (κ1) is 21.7. The van der Waals surface area contributed by atoms with Crippen LogP contribution in [0.4, 0.5) is 11.4 Å². The van der Waals surface area contributed by atoms with Crippen LogP contribution in [0.15, 0.2) is 48.5 Å². The van der Waals surface area contributed by atoms with E-state index in [1.54, 1.807) is 11.8 Å². The van der Waals surface area contributed by atoms with E-state index in [2.05, 4.69) is 39.9 Å². The lowest BCUT2D eigenvalue weighted by Crippen LogP contribution is -2.33. The minimum atomic E-state index is -0.0926. The SMILES string of the molecule is CC(=O)N(CCC(=O)Nc1ccccc1C(C)(C)C)c1ccccc1C(C)C. The molecule has 4 nitrogen and oxygen atoms in total. The fraction of sp³-hybridized carbons (Fsp3) is 0.417. The van der Waals surface area contributed by atoms with Gasteiger partial charge in [-0.3, -0.25) is 9.59 Å². The number of hydrogen-bond acceptors (Lipinski definition) is 2. The van der Waals surface area contributed by atoms with E-state index in [9.17, 15) is 9.59 Å². The molecule has 2 aromatic rings. The van der Waals surface area contributed by atoms with Gasteiger partial charge < -0.3 is 10.2 Å². The molecular weight excluding hydrogens is 348 g/mol. The lowest BCUT2D eigenvalue weighted by Gasteiger charge is -2.26. The number of rotatable bonds is 6. The van der Waals surface area contributed by atoms with Crippen LogP contribution in [0.25, 0.3) is 0 Å². The molecule has 4 heteroatoms. The molecule has 2 amide bonds. The largest absolute Gasteiger partial charge is 0.326 e. The normalized spacial score (nSPS) is 11.4. The molecule has 0 spiro atoms. The van der Waals surface area contributed by atoms with Crippen LogP contribution in [0.1, 0.15) is 65.0 Å². The van der Waals surface area contributed by atoms with E-state index in [1.165, 1.54) is 0 Å². The molecule has 28 heavy (non-hydrogen) atoms. The van der Waals surface area contributed by atoms with Gasteiger partial charge in [0.1, 0.15) is 0 Å². The molecule has 0 unspecified atom stereocenters. The van der Waals surface area contributed by atoms with Crippen molar-refractivity contribution in [1.82, 2.24) is 0 Å². The van der Waals surface area contributed by atoms with Crippen LogP contribution >= 0.6 is 0 Å². The van der Waals surface area contributed by atoms with Gasteiger partial charge in [0.05, 0.1) is 0 Å². The first-order chi connectivity index (χ1) is 13.1. The van der Waals surface area contributed by atoms with E-state index in [0.29, 0.717) is 12.5 Å². The van der Waals surface area contributed by atoms with Crippen LogP contribution in [0, 0.1) is 0 Å². The molecule has 0 heterocycles. The van der Waals surface area contributed by atoms with E-state index in [-0.39, 0.29) is 23.7 Å². The van der Waals surface area contributed by atoms with Gasteiger partial charge in [-0.25, -0.2) is 0 Å². The zero-order valence-corrected chi connectivity index (χ0v) is 17.9. The summed E-state index contributed by atoms with van der Waals surface area (Å²) in [5, 5.41) is 3.02. The molecule has 0 fully saturated rings. The summed E-state index contributed by atoms with van der Waals surface area (Å²) in [5.41, 5.74) is 3.85. The Morgan fingerprint density at radius 2 is 1.61 bits per heavy atom. The second-order valence-electron chi connectivity index (χ2n) is 8.48. The Morgan fingerprint density at radius 3 is 2.21 bits per heavy atom. The van der Waals surface area contributed by atoms with Gasteiger partial charge in [-0.2, -0.15) is 0 Å². The summed E-state index contributed by atoms with van der Waals surface area (Å²) in [7, 11) is 0. The smallest absolute Gasteiger partial charge is 0.226 e. The van der Waals surface area contributed by atoms with E-state index in [4.69, 9.17) is 0 Å². The molecule has 0 radical (unpaired) electrons. The number of amides is 2. The summed E-state index contributed by atoms with van der Waals surface area (Å²) < 4.78 is 0. The third-order valence-electron chi connectivity index (χ3n) is 4.80. The average Bonchev–Trinajstić information content (AvgIpc) is 2.61. The second-order valence-corrected chi connectivity index (χ2v) is 8.48. The second kappa shape index (κ2) is 9.05. The fourth-order valence-corrected chi connectivity index (χ4v) is 3.34. The highest BCUT2D eigenvalue weighted by molar-refractivity contribution is 5.95. The number of nitrogens with one attached hydrogen (secondary N) is 1. The van der Waals surface area contributed by atoms with E-state index >= 15 is 0 Å². The van der Waals surface area contributed by atoms with Crippen molar-refractivity contribution in [3.8, 4) is 0 Å². The Kier molecular flexibility index (Phi) is 7.00. The van der Waals surface area contributed by atoms with E-state index in [1.807, 2.05) is 48.5 Å². The van der Waals surface area contributed by atoms with Gasteiger partial charge in [0, 0.05) is 31.3 Å². The molecular formula is C24H32N2O2. The zero-order valence-electron chi connectivity index (χ0n) is 17.9. The van der Waals surface area contributed by atoms with Crippen LogP contribution in [-0.2, 0) is 15.0 Å². The van der Waals surface area contributed by atoms with Gasteiger partial charge in [-0.05, 0) is 34.6 Å². The molecule has 0 saturated carbocycles. The van der Waals surface area contributed by atoms with E-state index in [0.717, 1.165) is 22.5 Å². The molecule has 2 aromatic carbocycles. The first-order valence-corrected chi connectivity index (χ1v) is 9.87. The zero-order chi connectivity index (χ0) is 20.9. The summed E-state index contributed by atoms with van der Waals surface area (Å²) in [5.74, 6) is 0.145. The Bertz CT molecular complexity index is 834. The van der Waals surface area contributed by atoms with Crippen molar-refractivity contribution in [2.24, 2.45) is 0 Å². The maximum atomic E-state index is 12.6. The lowest BCUT2D eigenvalue weighted by molar-refractivity contribution is -0.117. The standard InChI is InChI=1S/C24H32N2O2/c1-17(2)19-11-7-10-14-22(19)26(18(3)27)16-15-23(28)25-21-13-9-8-12-20(21)24(4,5)6/h7-14,17H,15-16H2,1-6H3,(H,25,28). The predicted octanol–water partition coefficient (Wildman–Crippen LogP) is 5.49. The quantitative estimate of drug-likeness (QED) is 0.720.